The van der Waals surface area contributed by atoms with Gasteiger partial charge in [-0.05, 0) is 36.4 Å². The molecule has 19 heavy (non-hydrogen) atoms. The highest BCUT2D eigenvalue weighted by atomic mass is 16.5. The van der Waals surface area contributed by atoms with E-state index in [0.29, 0.717) is 13.2 Å². The van der Waals surface area contributed by atoms with Crippen LogP contribution in [0.4, 0.5) is 0 Å². The van der Waals surface area contributed by atoms with Gasteiger partial charge in [0.2, 0.25) is 5.91 Å². The number of carbonyl (C=O) groups is 1. The van der Waals surface area contributed by atoms with Gasteiger partial charge < -0.3 is 15.4 Å². The molecule has 1 aromatic rings. The zero-order chi connectivity index (χ0) is 13.6. The van der Waals surface area contributed by atoms with Crippen LogP contribution in [-0.2, 0) is 16.1 Å². The van der Waals surface area contributed by atoms with Gasteiger partial charge in [-0.1, -0.05) is 0 Å². The Morgan fingerprint density at radius 2 is 2.32 bits per heavy atom. The van der Waals surface area contributed by atoms with Gasteiger partial charge in [0.15, 0.2) is 0 Å². The van der Waals surface area contributed by atoms with E-state index in [-0.39, 0.29) is 17.9 Å². The molecule has 1 fully saturated rings. The minimum Gasteiger partial charge on any atom is -0.384 e. The second-order valence-corrected chi connectivity index (χ2v) is 4.97. The normalized spacial score (nSPS) is 18.2. The molecular weight excluding hydrogens is 248 g/mol. The minimum absolute atomic E-state index is 0.0380. The Balaban J connectivity index is 1.82. The molecule has 2 rings (SSSR count). The van der Waals surface area contributed by atoms with E-state index in [0.717, 1.165) is 25.9 Å². The third kappa shape index (κ3) is 3.97. The lowest BCUT2D eigenvalue weighted by atomic mass is 9.79. The Hall–Kier alpha value is -1.54. The Kier molecular flexibility index (Phi) is 4.80. The number of methoxy groups -OCH3 is 1. The van der Waals surface area contributed by atoms with Gasteiger partial charge in [-0.2, -0.15) is 0 Å². The van der Waals surface area contributed by atoms with Gasteiger partial charge in [0, 0.05) is 19.1 Å². The SMILES string of the molecule is COCC1(CNC(=O)Cn2cnnn2)CCNCC1. The van der Waals surface area contributed by atoms with Crippen LogP contribution >= 0.6 is 0 Å². The summed E-state index contributed by atoms with van der Waals surface area (Å²) in [6, 6.07) is 0. The Morgan fingerprint density at radius 1 is 1.53 bits per heavy atom. The highest BCUT2D eigenvalue weighted by Crippen LogP contribution is 2.28. The molecule has 0 aromatic carbocycles. The summed E-state index contributed by atoms with van der Waals surface area (Å²) >= 11 is 0. The topological polar surface area (TPSA) is 94.0 Å². The molecular formula is C11H20N6O2. The summed E-state index contributed by atoms with van der Waals surface area (Å²) in [6.45, 7) is 3.37. The molecule has 1 amide bonds. The Bertz CT molecular complexity index is 382. The monoisotopic (exact) mass is 268 g/mol. The van der Waals surface area contributed by atoms with Crippen LogP contribution in [-0.4, -0.2) is 59.5 Å². The van der Waals surface area contributed by atoms with Crippen LogP contribution in [0.3, 0.4) is 0 Å². The molecule has 0 bridgehead atoms. The predicted molar refractivity (Wildman–Crippen MR) is 67.2 cm³/mol. The van der Waals surface area contributed by atoms with Crippen molar-refractivity contribution in [3.63, 3.8) is 0 Å². The van der Waals surface area contributed by atoms with E-state index in [1.165, 1.54) is 11.0 Å². The van der Waals surface area contributed by atoms with Crippen molar-refractivity contribution >= 4 is 5.91 Å². The Morgan fingerprint density at radius 3 is 2.95 bits per heavy atom. The number of nitrogens with one attached hydrogen (secondary N) is 2. The summed E-state index contributed by atoms with van der Waals surface area (Å²) in [5.74, 6) is -0.0821. The summed E-state index contributed by atoms with van der Waals surface area (Å²) < 4.78 is 6.71. The molecule has 0 atom stereocenters. The molecule has 2 heterocycles. The van der Waals surface area contributed by atoms with Gasteiger partial charge in [0.25, 0.3) is 0 Å². The van der Waals surface area contributed by atoms with Gasteiger partial charge >= 0.3 is 0 Å². The smallest absolute Gasteiger partial charge is 0.241 e. The second-order valence-electron chi connectivity index (χ2n) is 4.97. The third-order valence-electron chi connectivity index (χ3n) is 3.47. The van der Waals surface area contributed by atoms with Crippen LogP contribution < -0.4 is 10.6 Å². The highest BCUT2D eigenvalue weighted by Gasteiger charge is 2.32. The quantitative estimate of drug-likeness (QED) is 0.673. The first-order chi connectivity index (χ1) is 9.24. The lowest BCUT2D eigenvalue weighted by Crippen LogP contribution is -2.47. The molecule has 0 aliphatic carbocycles. The zero-order valence-corrected chi connectivity index (χ0v) is 11.1. The lowest BCUT2D eigenvalue weighted by molar-refractivity contribution is -0.122. The molecule has 1 saturated heterocycles. The molecule has 0 radical (unpaired) electrons. The number of hydrogen-bond donors (Lipinski definition) is 2. The summed E-state index contributed by atoms with van der Waals surface area (Å²) in [4.78, 5) is 11.8. The van der Waals surface area contributed by atoms with Crippen molar-refractivity contribution < 1.29 is 9.53 Å². The van der Waals surface area contributed by atoms with Crippen molar-refractivity contribution in [3.05, 3.63) is 6.33 Å². The summed E-state index contributed by atoms with van der Waals surface area (Å²) in [6.07, 6.45) is 3.44. The average Bonchev–Trinajstić information content (AvgIpc) is 2.91. The minimum atomic E-state index is -0.0821. The molecule has 8 nitrogen and oxygen atoms in total. The third-order valence-corrected chi connectivity index (χ3v) is 3.47. The van der Waals surface area contributed by atoms with E-state index in [1.807, 2.05) is 0 Å². The number of nitrogens with zero attached hydrogens (tertiary/aromatic N) is 4. The van der Waals surface area contributed by atoms with Crippen molar-refractivity contribution in [2.24, 2.45) is 5.41 Å². The molecule has 1 aromatic heterocycles. The summed E-state index contributed by atoms with van der Waals surface area (Å²) in [5, 5.41) is 16.9. The van der Waals surface area contributed by atoms with E-state index >= 15 is 0 Å². The highest BCUT2D eigenvalue weighted by molar-refractivity contribution is 5.75. The van der Waals surface area contributed by atoms with Crippen molar-refractivity contribution in [1.82, 2.24) is 30.8 Å². The van der Waals surface area contributed by atoms with Crippen LogP contribution in [0.2, 0.25) is 0 Å². The molecule has 1 aliphatic heterocycles. The fourth-order valence-electron chi connectivity index (χ4n) is 2.38. The molecule has 0 saturated carbocycles. The number of amides is 1. The van der Waals surface area contributed by atoms with Crippen LogP contribution in [0, 0.1) is 5.41 Å². The zero-order valence-electron chi connectivity index (χ0n) is 11.1. The number of hydrogen-bond acceptors (Lipinski definition) is 6. The molecule has 1 aliphatic rings. The van der Waals surface area contributed by atoms with Crippen molar-refractivity contribution in [3.8, 4) is 0 Å². The summed E-state index contributed by atoms with van der Waals surface area (Å²) in [5.41, 5.74) is 0.0380. The van der Waals surface area contributed by atoms with Gasteiger partial charge in [0.1, 0.15) is 12.9 Å². The van der Waals surface area contributed by atoms with Gasteiger partial charge in [-0.25, -0.2) is 4.68 Å². The van der Waals surface area contributed by atoms with Gasteiger partial charge in [0.05, 0.1) is 6.61 Å². The molecule has 0 unspecified atom stereocenters. The Labute approximate surface area is 111 Å². The molecule has 0 spiro atoms. The van der Waals surface area contributed by atoms with Crippen molar-refractivity contribution in [2.75, 3.05) is 33.4 Å². The maximum atomic E-state index is 11.8. The first-order valence-corrected chi connectivity index (χ1v) is 6.41. The van der Waals surface area contributed by atoms with Crippen LogP contribution in [0.5, 0.6) is 0 Å². The van der Waals surface area contributed by atoms with Gasteiger partial charge in [-0.15, -0.1) is 5.10 Å². The maximum Gasteiger partial charge on any atom is 0.241 e. The van der Waals surface area contributed by atoms with E-state index in [9.17, 15) is 4.79 Å². The van der Waals surface area contributed by atoms with Crippen molar-refractivity contribution in [2.45, 2.75) is 19.4 Å². The number of aromatic nitrogens is 4. The van der Waals surface area contributed by atoms with Crippen LogP contribution in [0.15, 0.2) is 6.33 Å². The largest absolute Gasteiger partial charge is 0.384 e. The van der Waals surface area contributed by atoms with E-state index < -0.39 is 0 Å². The average molecular weight is 268 g/mol. The van der Waals surface area contributed by atoms with Gasteiger partial charge in [-0.3, -0.25) is 4.79 Å². The molecule has 2 N–H and O–H groups in total. The van der Waals surface area contributed by atoms with Crippen LogP contribution in [0.1, 0.15) is 12.8 Å². The number of piperidine rings is 1. The molecule has 106 valence electrons. The number of tetrazole rings is 1. The van der Waals surface area contributed by atoms with E-state index in [2.05, 4.69) is 26.2 Å². The number of carbonyl (C=O) groups excluding carboxylic acids is 1. The summed E-state index contributed by atoms with van der Waals surface area (Å²) in [7, 11) is 1.70. The molecule has 8 heteroatoms. The second kappa shape index (κ2) is 6.58. The number of rotatable bonds is 6. The first kappa shape index (κ1) is 13.9. The van der Waals surface area contributed by atoms with E-state index in [1.54, 1.807) is 7.11 Å². The lowest BCUT2D eigenvalue weighted by Gasteiger charge is -2.37. The maximum absolute atomic E-state index is 11.8. The standard InChI is InChI=1S/C11H20N6O2/c1-19-8-11(2-4-12-5-3-11)7-13-10(18)6-17-9-14-15-16-17/h9,12H,2-8H2,1H3,(H,13,18). The van der Waals surface area contributed by atoms with E-state index in [4.69, 9.17) is 4.74 Å². The van der Waals surface area contributed by atoms with Crippen molar-refractivity contribution in [1.29, 1.82) is 0 Å². The fraction of sp³-hybridized carbons (Fsp3) is 0.818. The number of ether oxygens (including phenoxy) is 1. The predicted octanol–water partition coefficient (Wildman–Crippen LogP) is -1.19. The first-order valence-electron chi connectivity index (χ1n) is 6.41. The fourth-order valence-corrected chi connectivity index (χ4v) is 2.38. The van der Waals surface area contributed by atoms with Crippen LogP contribution in [0.25, 0.3) is 0 Å².